The Kier molecular flexibility index (Phi) is 6.10. The largest absolute Gasteiger partial charge is 0.342 e. The van der Waals surface area contributed by atoms with Crippen LogP contribution in [0.15, 0.2) is 42.5 Å². The van der Waals surface area contributed by atoms with Gasteiger partial charge in [-0.05, 0) is 56.3 Å². The van der Waals surface area contributed by atoms with E-state index < -0.39 is 0 Å². The van der Waals surface area contributed by atoms with E-state index >= 15 is 0 Å². The average Bonchev–Trinajstić information content (AvgIpc) is 2.97. The first-order valence-corrected chi connectivity index (χ1v) is 8.44. The van der Waals surface area contributed by atoms with Crippen LogP contribution in [0.5, 0.6) is 0 Å². The quantitative estimate of drug-likeness (QED) is 0.711. The molecule has 0 saturated carbocycles. The van der Waals surface area contributed by atoms with Gasteiger partial charge in [0.25, 0.3) is 0 Å². The Balaban J connectivity index is 0.00000100. The highest BCUT2D eigenvalue weighted by atomic mass is 19.1. The van der Waals surface area contributed by atoms with Gasteiger partial charge in [-0.25, -0.2) is 9.37 Å². The van der Waals surface area contributed by atoms with Gasteiger partial charge in [-0.3, -0.25) is 4.90 Å². The van der Waals surface area contributed by atoms with Gasteiger partial charge in [-0.1, -0.05) is 32.0 Å². The van der Waals surface area contributed by atoms with Crippen LogP contribution in [0.25, 0.3) is 11.0 Å². The predicted molar refractivity (Wildman–Crippen MR) is 98.5 cm³/mol. The van der Waals surface area contributed by atoms with Crippen LogP contribution < -0.4 is 0 Å². The van der Waals surface area contributed by atoms with Crippen LogP contribution >= 0.6 is 0 Å². The van der Waals surface area contributed by atoms with Gasteiger partial charge in [-0.15, -0.1) is 0 Å². The summed E-state index contributed by atoms with van der Waals surface area (Å²) in [5.41, 5.74) is 4.40. The zero-order valence-electron chi connectivity index (χ0n) is 15.1. The number of aromatic nitrogens is 2. The first-order valence-electron chi connectivity index (χ1n) is 8.44. The summed E-state index contributed by atoms with van der Waals surface area (Å²) < 4.78 is 13.0. The summed E-state index contributed by atoms with van der Waals surface area (Å²) in [7, 11) is 2.08. The zero-order valence-corrected chi connectivity index (χ0v) is 15.1. The minimum atomic E-state index is -0.195. The molecule has 0 fully saturated rings. The topological polar surface area (TPSA) is 31.9 Å². The molecule has 0 aliphatic heterocycles. The first-order chi connectivity index (χ1) is 11.5. The van der Waals surface area contributed by atoms with Crippen molar-refractivity contribution in [1.29, 1.82) is 0 Å². The van der Waals surface area contributed by atoms with Crippen LogP contribution in [0, 0.1) is 12.7 Å². The standard InChI is InChI=1S/C18H20FN3.C2H6/c1-12(22(3)11-14-4-7-16(19)8-5-14)15-6-9-17-18(10-15)21-13(2)20-17;1-2/h4-10,12H,11H2,1-3H3,(H,20,21);1-2H3. The van der Waals surface area contributed by atoms with Gasteiger partial charge in [0.15, 0.2) is 0 Å². The van der Waals surface area contributed by atoms with Crippen LogP contribution in [0.1, 0.15) is 43.8 Å². The van der Waals surface area contributed by atoms with Crippen LogP contribution in [0.3, 0.4) is 0 Å². The SMILES string of the molecule is CC.Cc1nc2ccc(C(C)N(C)Cc3ccc(F)cc3)cc2[nH]1. The Bertz CT molecular complexity index is 777. The molecular formula is C20H26FN3. The molecule has 1 atom stereocenters. The van der Waals surface area contributed by atoms with Gasteiger partial charge in [0.05, 0.1) is 11.0 Å². The fourth-order valence-corrected chi connectivity index (χ4v) is 2.68. The highest BCUT2D eigenvalue weighted by molar-refractivity contribution is 5.75. The summed E-state index contributed by atoms with van der Waals surface area (Å²) in [5, 5.41) is 0. The zero-order chi connectivity index (χ0) is 17.7. The number of fused-ring (bicyclic) bond motifs is 1. The molecule has 0 saturated heterocycles. The maximum atomic E-state index is 13.0. The van der Waals surface area contributed by atoms with Gasteiger partial charge >= 0.3 is 0 Å². The molecule has 0 radical (unpaired) electrons. The second-order valence-electron chi connectivity index (χ2n) is 5.82. The van der Waals surface area contributed by atoms with E-state index in [1.54, 1.807) is 0 Å². The van der Waals surface area contributed by atoms with Gasteiger partial charge in [-0.2, -0.15) is 0 Å². The number of hydrogen-bond donors (Lipinski definition) is 1. The fraction of sp³-hybridized carbons (Fsp3) is 0.350. The van der Waals surface area contributed by atoms with Crippen LogP contribution in [0.2, 0.25) is 0 Å². The van der Waals surface area contributed by atoms with Crippen LogP contribution in [0.4, 0.5) is 4.39 Å². The lowest BCUT2D eigenvalue weighted by Gasteiger charge is -2.25. The molecule has 0 bridgehead atoms. The highest BCUT2D eigenvalue weighted by Crippen LogP contribution is 2.24. The maximum Gasteiger partial charge on any atom is 0.123 e. The second-order valence-corrected chi connectivity index (χ2v) is 5.82. The van der Waals surface area contributed by atoms with E-state index in [0.29, 0.717) is 0 Å². The molecule has 24 heavy (non-hydrogen) atoms. The van der Waals surface area contributed by atoms with Crippen molar-refractivity contribution < 1.29 is 4.39 Å². The number of rotatable bonds is 4. The van der Waals surface area contributed by atoms with E-state index in [1.807, 2.05) is 32.9 Å². The number of hydrogen-bond acceptors (Lipinski definition) is 2. The van der Waals surface area contributed by atoms with E-state index in [1.165, 1.54) is 17.7 Å². The van der Waals surface area contributed by atoms with E-state index in [0.717, 1.165) is 29.0 Å². The molecular weight excluding hydrogens is 301 g/mol. The minimum absolute atomic E-state index is 0.195. The highest BCUT2D eigenvalue weighted by Gasteiger charge is 2.13. The van der Waals surface area contributed by atoms with Crippen molar-refractivity contribution in [2.75, 3.05) is 7.05 Å². The number of nitrogens with one attached hydrogen (secondary N) is 1. The summed E-state index contributed by atoms with van der Waals surface area (Å²) >= 11 is 0. The lowest BCUT2D eigenvalue weighted by Crippen LogP contribution is -2.21. The molecule has 3 nitrogen and oxygen atoms in total. The van der Waals surface area contributed by atoms with E-state index in [2.05, 4.69) is 47.0 Å². The molecule has 3 rings (SSSR count). The van der Waals surface area contributed by atoms with Crippen molar-refractivity contribution in [2.24, 2.45) is 0 Å². The van der Waals surface area contributed by atoms with Gasteiger partial charge in [0.1, 0.15) is 11.6 Å². The number of halogens is 1. The number of imidazole rings is 1. The molecule has 1 heterocycles. The van der Waals surface area contributed by atoms with Crippen molar-refractivity contribution in [1.82, 2.24) is 14.9 Å². The second kappa shape index (κ2) is 8.06. The molecule has 128 valence electrons. The third-order valence-corrected chi connectivity index (χ3v) is 4.11. The summed E-state index contributed by atoms with van der Waals surface area (Å²) in [6, 6.07) is 13.3. The molecule has 1 unspecified atom stereocenters. The lowest BCUT2D eigenvalue weighted by molar-refractivity contribution is 0.253. The monoisotopic (exact) mass is 327 g/mol. The van der Waals surface area contributed by atoms with Gasteiger partial charge in [0, 0.05) is 12.6 Å². The molecule has 0 spiro atoms. The summed E-state index contributed by atoms with van der Waals surface area (Å²) in [5.74, 6) is 0.735. The number of benzene rings is 2. The predicted octanol–water partition coefficient (Wildman–Crippen LogP) is 5.23. The van der Waals surface area contributed by atoms with Crippen LogP contribution in [-0.2, 0) is 6.54 Å². The first kappa shape index (κ1) is 18.1. The van der Waals surface area contributed by atoms with Gasteiger partial charge in [0.2, 0.25) is 0 Å². The fourth-order valence-electron chi connectivity index (χ4n) is 2.68. The Morgan fingerprint density at radius 1 is 1.12 bits per heavy atom. The molecule has 0 aliphatic carbocycles. The Labute approximate surface area is 143 Å². The Hall–Kier alpha value is -2.20. The van der Waals surface area contributed by atoms with Crippen molar-refractivity contribution in [2.45, 2.75) is 40.3 Å². The molecule has 1 aromatic heterocycles. The molecule has 2 aromatic carbocycles. The number of nitrogens with zero attached hydrogens (tertiary/aromatic N) is 2. The van der Waals surface area contributed by atoms with Crippen molar-refractivity contribution >= 4 is 11.0 Å². The third kappa shape index (κ3) is 4.20. The summed E-state index contributed by atoms with van der Waals surface area (Å²) in [4.78, 5) is 9.95. The smallest absolute Gasteiger partial charge is 0.123 e. The minimum Gasteiger partial charge on any atom is -0.342 e. The molecule has 0 amide bonds. The molecule has 3 aromatic rings. The molecule has 1 N–H and O–H groups in total. The summed E-state index contributed by atoms with van der Waals surface area (Å²) in [6.45, 7) is 8.92. The number of aromatic amines is 1. The molecule has 4 heteroatoms. The van der Waals surface area contributed by atoms with E-state index in [4.69, 9.17) is 0 Å². The molecule has 0 aliphatic rings. The van der Waals surface area contributed by atoms with Gasteiger partial charge < -0.3 is 4.98 Å². The maximum absolute atomic E-state index is 13.0. The lowest BCUT2D eigenvalue weighted by atomic mass is 10.1. The number of H-pyrrole nitrogens is 1. The van der Waals surface area contributed by atoms with Crippen molar-refractivity contribution in [3.63, 3.8) is 0 Å². The van der Waals surface area contributed by atoms with Crippen molar-refractivity contribution in [3.8, 4) is 0 Å². The van der Waals surface area contributed by atoms with E-state index in [9.17, 15) is 4.39 Å². The van der Waals surface area contributed by atoms with E-state index in [-0.39, 0.29) is 11.9 Å². The van der Waals surface area contributed by atoms with Crippen LogP contribution in [-0.4, -0.2) is 21.9 Å². The number of aryl methyl sites for hydroxylation is 1. The average molecular weight is 327 g/mol. The third-order valence-electron chi connectivity index (χ3n) is 4.11. The summed E-state index contributed by atoms with van der Waals surface area (Å²) in [6.07, 6.45) is 0. The normalized spacial score (nSPS) is 12.1. The van der Waals surface area contributed by atoms with Crippen molar-refractivity contribution in [3.05, 3.63) is 65.2 Å². The Morgan fingerprint density at radius 2 is 1.79 bits per heavy atom. The Morgan fingerprint density at radius 3 is 2.46 bits per heavy atom.